The number of carbonyl (C=O) groups is 3. The number of nitrogens with two attached hydrogens (primary N) is 1. The number of rotatable bonds is 2. The van der Waals surface area contributed by atoms with Crippen molar-refractivity contribution in [3.8, 4) is 6.07 Å². The molecule has 1 aromatic carbocycles. The first kappa shape index (κ1) is 24.0. The van der Waals surface area contributed by atoms with Crippen molar-refractivity contribution in [1.82, 2.24) is 0 Å². The number of anilines is 1. The summed E-state index contributed by atoms with van der Waals surface area (Å²) in [6.45, 7) is 8.68. The zero-order valence-electron chi connectivity index (χ0n) is 19.7. The van der Waals surface area contributed by atoms with Crippen LogP contribution in [0.1, 0.15) is 53.0 Å². The average Bonchev–Trinajstić information content (AvgIpc) is 2.88. The maximum absolute atomic E-state index is 14.2. The summed E-state index contributed by atoms with van der Waals surface area (Å²) in [5.41, 5.74) is 4.02. The number of nitrogens with zero attached hydrogens (tertiary/aromatic N) is 2. The number of ether oxygens (including phenoxy) is 2. The Morgan fingerprint density at radius 1 is 1.29 bits per heavy atom. The number of benzene rings is 1. The second-order valence-corrected chi connectivity index (χ2v) is 11.5. The molecule has 0 bridgehead atoms. The van der Waals surface area contributed by atoms with Gasteiger partial charge in [0.05, 0.1) is 5.57 Å². The number of nitriles is 1. The molecule has 3 aliphatic rings. The van der Waals surface area contributed by atoms with Crippen molar-refractivity contribution in [3.63, 3.8) is 0 Å². The maximum Gasteiger partial charge on any atom is 0.326 e. The number of ketones is 1. The summed E-state index contributed by atoms with van der Waals surface area (Å²) in [7, 11) is 0. The van der Waals surface area contributed by atoms with Crippen LogP contribution in [-0.4, -0.2) is 29.8 Å². The van der Waals surface area contributed by atoms with Gasteiger partial charge in [0.2, 0.25) is 11.8 Å². The molecule has 2 aliphatic heterocycles. The van der Waals surface area contributed by atoms with E-state index in [1.54, 1.807) is 39.0 Å². The fourth-order valence-electron chi connectivity index (χ4n) is 5.02. The van der Waals surface area contributed by atoms with Crippen LogP contribution in [0.25, 0.3) is 0 Å². The van der Waals surface area contributed by atoms with Gasteiger partial charge < -0.3 is 15.2 Å². The highest BCUT2D eigenvalue weighted by atomic mass is 79.9. The Balaban J connectivity index is 1.98. The summed E-state index contributed by atoms with van der Waals surface area (Å²) in [6, 6.07) is 7.12. The van der Waals surface area contributed by atoms with Crippen LogP contribution in [0.4, 0.5) is 5.69 Å². The predicted octanol–water partition coefficient (Wildman–Crippen LogP) is 3.74. The number of halogens is 1. The molecule has 8 nitrogen and oxygen atoms in total. The van der Waals surface area contributed by atoms with E-state index in [2.05, 4.69) is 15.9 Å². The second-order valence-electron chi connectivity index (χ2n) is 10.6. The number of allylic oxidation sites excluding steroid dienone is 1. The van der Waals surface area contributed by atoms with Crippen LogP contribution in [0.2, 0.25) is 0 Å². The molecule has 0 radical (unpaired) electrons. The molecule has 9 heteroatoms. The molecule has 1 spiro atoms. The average molecular weight is 528 g/mol. The number of hydrogen-bond acceptors (Lipinski definition) is 7. The minimum absolute atomic E-state index is 0.119. The van der Waals surface area contributed by atoms with E-state index < -0.39 is 28.3 Å². The van der Waals surface area contributed by atoms with E-state index in [0.717, 1.165) is 0 Å². The zero-order valence-corrected chi connectivity index (χ0v) is 21.3. The smallest absolute Gasteiger partial charge is 0.326 e. The highest BCUT2D eigenvalue weighted by Crippen LogP contribution is 2.57. The first-order valence-corrected chi connectivity index (χ1v) is 11.7. The number of amides is 1. The number of fused-ring (bicyclic) bond motifs is 3. The van der Waals surface area contributed by atoms with Gasteiger partial charge in [0.25, 0.3) is 0 Å². The predicted molar refractivity (Wildman–Crippen MR) is 127 cm³/mol. The molecule has 2 heterocycles. The van der Waals surface area contributed by atoms with E-state index in [-0.39, 0.29) is 41.5 Å². The molecule has 34 heavy (non-hydrogen) atoms. The van der Waals surface area contributed by atoms with E-state index in [4.69, 9.17) is 15.2 Å². The third kappa shape index (κ3) is 3.61. The van der Waals surface area contributed by atoms with Gasteiger partial charge in [0.1, 0.15) is 35.0 Å². The zero-order chi connectivity index (χ0) is 25.2. The molecule has 2 N–H and O–H groups in total. The van der Waals surface area contributed by atoms with Crippen LogP contribution in [0, 0.1) is 16.7 Å². The molecule has 4 rings (SSSR count). The van der Waals surface area contributed by atoms with Gasteiger partial charge in [0, 0.05) is 28.6 Å². The van der Waals surface area contributed by atoms with Gasteiger partial charge >= 0.3 is 5.97 Å². The minimum atomic E-state index is -1.79. The van der Waals surface area contributed by atoms with Crippen molar-refractivity contribution in [2.45, 2.75) is 58.5 Å². The molecule has 0 fully saturated rings. The number of carbonyl (C=O) groups excluding carboxylic acids is 3. The third-order valence-electron chi connectivity index (χ3n) is 6.10. The fourth-order valence-corrected chi connectivity index (χ4v) is 5.38. The summed E-state index contributed by atoms with van der Waals surface area (Å²) >= 11 is 3.44. The third-order valence-corrected chi connectivity index (χ3v) is 6.60. The topological polar surface area (TPSA) is 123 Å². The Bertz CT molecular complexity index is 1250. The van der Waals surface area contributed by atoms with Gasteiger partial charge in [-0.2, -0.15) is 5.26 Å². The largest absolute Gasteiger partial charge is 0.459 e. The fraction of sp³-hybridized carbons (Fsp3) is 0.440. The van der Waals surface area contributed by atoms with E-state index in [9.17, 15) is 19.6 Å². The molecule has 0 aromatic heterocycles. The van der Waals surface area contributed by atoms with Crippen LogP contribution in [0.3, 0.4) is 0 Å². The molecular weight excluding hydrogens is 502 g/mol. The first-order chi connectivity index (χ1) is 15.7. The molecule has 1 aromatic rings. The number of esters is 1. The van der Waals surface area contributed by atoms with Gasteiger partial charge in [-0.15, -0.1) is 0 Å². The van der Waals surface area contributed by atoms with Gasteiger partial charge in [0.15, 0.2) is 5.78 Å². The lowest BCUT2D eigenvalue weighted by molar-refractivity contribution is -0.153. The minimum Gasteiger partial charge on any atom is -0.459 e. The van der Waals surface area contributed by atoms with Crippen molar-refractivity contribution in [3.05, 3.63) is 51.0 Å². The van der Waals surface area contributed by atoms with Crippen LogP contribution in [0.5, 0.6) is 0 Å². The van der Waals surface area contributed by atoms with Gasteiger partial charge in [-0.1, -0.05) is 29.8 Å². The summed E-state index contributed by atoms with van der Waals surface area (Å²) in [4.78, 5) is 41.8. The van der Waals surface area contributed by atoms with Crippen molar-refractivity contribution < 1.29 is 23.9 Å². The van der Waals surface area contributed by atoms with Gasteiger partial charge in [-0.05, 0) is 44.4 Å². The monoisotopic (exact) mass is 527 g/mol. The van der Waals surface area contributed by atoms with Crippen molar-refractivity contribution in [1.29, 1.82) is 5.26 Å². The molecule has 178 valence electrons. The summed E-state index contributed by atoms with van der Waals surface area (Å²) in [5, 5.41) is 10.1. The number of hydrogen-bond donors (Lipinski definition) is 1. The van der Waals surface area contributed by atoms with Crippen molar-refractivity contribution >= 4 is 39.3 Å². The normalized spacial score (nSPS) is 23.5. The molecule has 0 saturated carbocycles. The Kier molecular flexibility index (Phi) is 5.44. The highest BCUT2D eigenvalue weighted by molar-refractivity contribution is 9.10. The Hall–Kier alpha value is -3.12. The Morgan fingerprint density at radius 2 is 1.97 bits per heavy atom. The van der Waals surface area contributed by atoms with E-state index in [1.165, 1.54) is 4.90 Å². The molecular formula is C25H26BrN3O5. The maximum atomic E-state index is 14.2. The molecule has 1 amide bonds. The SMILES string of the molecule is CC1(C)CC(=O)C2=C(C1)OC(N)=C(C#N)C21C(=O)N(CC(=O)OC(C)(C)C)c2ccc(Br)cc21. The standard InChI is InChI=1S/C25H26BrN3O5/c1-23(2,3)34-19(31)12-29-16-7-6-13(26)8-14(16)25(22(29)32)15(11-27)21(28)33-18-10-24(4,5)9-17(30)20(18)25/h6-8H,9-10,12,28H2,1-5H3. The van der Waals surface area contributed by atoms with E-state index >= 15 is 0 Å². The van der Waals surface area contributed by atoms with Gasteiger partial charge in [-0.25, -0.2) is 0 Å². The summed E-state index contributed by atoms with van der Waals surface area (Å²) in [5.74, 6) is -1.43. The van der Waals surface area contributed by atoms with Crippen LogP contribution < -0.4 is 10.6 Å². The lowest BCUT2D eigenvalue weighted by Gasteiger charge is -2.41. The van der Waals surface area contributed by atoms with Gasteiger partial charge in [-0.3, -0.25) is 19.3 Å². The van der Waals surface area contributed by atoms with Crippen LogP contribution >= 0.6 is 15.9 Å². The Morgan fingerprint density at radius 3 is 2.59 bits per heavy atom. The first-order valence-electron chi connectivity index (χ1n) is 10.9. The highest BCUT2D eigenvalue weighted by Gasteiger charge is 2.63. The van der Waals surface area contributed by atoms with Crippen LogP contribution in [-0.2, 0) is 29.3 Å². The number of Topliss-reactive ketones (excluding diaryl/α,β-unsaturated/α-hetero) is 1. The Labute approximate surface area is 206 Å². The molecule has 0 saturated heterocycles. The van der Waals surface area contributed by atoms with Crippen LogP contribution in [0.15, 0.2) is 45.5 Å². The van der Waals surface area contributed by atoms with Crippen molar-refractivity contribution in [2.75, 3.05) is 11.4 Å². The summed E-state index contributed by atoms with van der Waals surface area (Å²) < 4.78 is 11.9. The van der Waals surface area contributed by atoms with E-state index in [0.29, 0.717) is 22.1 Å². The lowest BCUT2D eigenvalue weighted by atomic mass is 9.62. The second kappa shape index (κ2) is 7.70. The molecule has 1 aliphatic carbocycles. The molecule has 1 atom stereocenters. The lowest BCUT2D eigenvalue weighted by Crippen LogP contribution is -2.51. The quantitative estimate of drug-likeness (QED) is 0.581. The summed E-state index contributed by atoms with van der Waals surface area (Å²) in [6.07, 6.45) is 0.552. The van der Waals surface area contributed by atoms with Crippen molar-refractivity contribution in [2.24, 2.45) is 11.1 Å². The van der Waals surface area contributed by atoms with E-state index in [1.807, 2.05) is 19.9 Å². The molecule has 1 unspecified atom stereocenters.